The van der Waals surface area contributed by atoms with Crippen LogP contribution < -0.4 is 11.1 Å². The first-order chi connectivity index (χ1) is 9.79. The second-order valence-corrected chi connectivity index (χ2v) is 5.27. The van der Waals surface area contributed by atoms with E-state index in [0.717, 1.165) is 37.9 Å². The number of nitrogens with two attached hydrogens (primary N) is 1. The van der Waals surface area contributed by atoms with Crippen molar-refractivity contribution in [2.24, 2.45) is 5.73 Å². The molecule has 0 aromatic heterocycles. The van der Waals surface area contributed by atoms with Crippen molar-refractivity contribution < 1.29 is 9.53 Å². The van der Waals surface area contributed by atoms with Crippen LogP contribution >= 0.6 is 0 Å². The third kappa shape index (κ3) is 4.62. The lowest BCUT2D eigenvalue weighted by Gasteiger charge is -2.22. The highest BCUT2D eigenvalue weighted by Crippen LogP contribution is 2.15. The maximum Gasteiger partial charge on any atom is 0.251 e. The van der Waals surface area contributed by atoms with Gasteiger partial charge in [-0.05, 0) is 56.3 Å². The summed E-state index contributed by atoms with van der Waals surface area (Å²) in [5.74, 6) is -0.0142. The minimum absolute atomic E-state index is 0.0142. The van der Waals surface area contributed by atoms with Crippen LogP contribution in [-0.2, 0) is 11.2 Å². The SMILES string of the molecule is NCCc1cccc(C(=O)NCCC2CCCCO2)c1. The van der Waals surface area contributed by atoms with Crippen molar-refractivity contribution in [3.05, 3.63) is 35.4 Å². The zero-order valence-corrected chi connectivity index (χ0v) is 11.9. The van der Waals surface area contributed by atoms with E-state index in [1.807, 2.05) is 24.3 Å². The second kappa shape index (κ2) is 8.02. The highest BCUT2D eigenvalue weighted by molar-refractivity contribution is 5.94. The summed E-state index contributed by atoms with van der Waals surface area (Å²) < 4.78 is 5.65. The van der Waals surface area contributed by atoms with Gasteiger partial charge in [0.25, 0.3) is 5.91 Å². The van der Waals surface area contributed by atoms with Crippen LogP contribution in [0.1, 0.15) is 41.6 Å². The van der Waals surface area contributed by atoms with Crippen LogP contribution in [0.25, 0.3) is 0 Å². The lowest BCUT2D eigenvalue weighted by Crippen LogP contribution is -2.29. The summed E-state index contributed by atoms with van der Waals surface area (Å²) in [5, 5.41) is 2.97. The third-order valence-electron chi connectivity index (χ3n) is 3.65. The minimum atomic E-state index is -0.0142. The summed E-state index contributed by atoms with van der Waals surface area (Å²) in [7, 11) is 0. The molecule has 0 radical (unpaired) electrons. The van der Waals surface area contributed by atoms with E-state index in [-0.39, 0.29) is 5.91 Å². The molecule has 2 rings (SSSR count). The van der Waals surface area contributed by atoms with Crippen LogP contribution in [0.3, 0.4) is 0 Å². The fourth-order valence-corrected chi connectivity index (χ4v) is 2.52. The second-order valence-electron chi connectivity index (χ2n) is 5.27. The van der Waals surface area contributed by atoms with Crippen LogP contribution in [0.15, 0.2) is 24.3 Å². The van der Waals surface area contributed by atoms with E-state index < -0.39 is 0 Å². The van der Waals surface area contributed by atoms with E-state index in [1.54, 1.807) is 0 Å². The normalized spacial score (nSPS) is 18.8. The number of nitrogens with one attached hydrogen (secondary N) is 1. The molecule has 0 saturated carbocycles. The highest BCUT2D eigenvalue weighted by atomic mass is 16.5. The van der Waals surface area contributed by atoms with Gasteiger partial charge in [-0.15, -0.1) is 0 Å². The molecule has 0 aliphatic carbocycles. The van der Waals surface area contributed by atoms with Crippen molar-refractivity contribution in [1.29, 1.82) is 0 Å². The summed E-state index contributed by atoms with van der Waals surface area (Å²) in [6, 6.07) is 7.66. The van der Waals surface area contributed by atoms with Crippen LogP contribution in [-0.4, -0.2) is 31.7 Å². The number of hydrogen-bond donors (Lipinski definition) is 2. The molecule has 0 spiro atoms. The predicted molar refractivity (Wildman–Crippen MR) is 79.7 cm³/mol. The molecule has 20 heavy (non-hydrogen) atoms. The van der Waals surface area contributed by atoms with Gasteiger partial charge in [0.2, 0.25) is 0 Å². The standard InChI is InChI=1S/C16H24N2O2/c17-9-7-13-4-3-5-14(12-13)16(19)18-10-8-15-6-1-2-11-20-15/h3-5,12,15H,1-2,6-11,17H2,(H,18,19). The summed E-state index contributed by atoms with van der Waals surface area (Å²) >= 11 is 0. The lowest BCUT2D eigenvalue weighted by molar-refractivity contribution is 0.0117. The Bertz CT molecular complexity index is 428. The monoisotopic (exact) mass is 276 g/mol. The average molecular weight is 276 g/mol. The summed E-state index contributed by atoms with van der Waals surface area (Å²) in [5.41, 5.74) is 7.35. The highest BCUT2D eigenvalue weighted by Gasteiger charge is 2.14. The zero-order valence-electron chi connectivity index (χ0n) is 11.9. The summed E-state index contributed by atoms with van der Waals surface area (Å²) in [4.78, 5) is 12.1. The summed E-state index contributed by atoms with van der Waals surface area (Å²) in [6.45, 7) is 2.13. The number of carbonyl (C=O) groups is 1. The quantitative estimate of drug-likeness (QED) is 0.834. The predicted octanol–water partition coefficient (Wildman–Crippen LogP) is 1.88. The van der Waals surface area contributed by atoms with Crippen LogP contribution in [0.4, 0.5) is 0 Å². The largest absolute Gasteiger partial charge is 0.378 e. The average Bonchev–Trinajstić information content (AvgIpc) is 2.49. The van der Waals surface area contributed by atoms with Crippen molar-refractivity contribution in [1.82, 2.24) is 5.32 Å². The van der Waals surface area contributed by atoms with Gasteiger partial charge in [-0.2, -0.15) is 0 Å². The Balaban J connectivity index is 1.77. The molecule has 4 nitrogen and oxygen atoms in total. The van der Waals surface area contributed by atoms with Gasteiger partial charge in [0.05, 0.1) is 6.10 Å². The van der Waals surface area contributed by atoms with E-state index in [9.17, 15) is 4.79 Å². The zero-order chi connectivity index (χ0) is 14.2. The van der Waals surface area contributed by atoms with Crippen molar-refractivity contribution in [2.75, 3.05) is 19.7 Å². The van der Waals surface area contributed by atoms with Gasteiger partial charge in [-0.3, -0.25) is 4.79 Å². The lowest BCUT2D eigenvalue weighted by atomic mass is 10.1. The van der Waals surface area contributed by atoms with Crippen LogP contribution in [0.2, 0.25) is 0 Å². The van der Waals surface area contributed by atoms with Crippen molar-refractivity contribution in [3.8, 4) is 0 Å². The molecular formula is C16H24N2O2. The molecule has 1 atom stereocenters. The molecule has 1 aromatic carbocycles. The molecular weight excluding hydrogens is 252 g/mol. The Hall–Kier alpha value is -1.39. The first-order valence-electron chi connectivity index (χ1n) is 7.48. The van der Waals surface area contributed by atoms with Gasteiger partial charge in [0.1, 0.15) is 0 Å². The molecule has 1 heterocycles. The van der Waals surface area contributed by atoms with Gasteiger partial charge in [0.15, 0.2) is 0 Å². The van der Waals surface area contributed by atoms with Crippen LogP contribution in [0, 0.1) is 0 Å². The molecule has 1 aliphatic heterocycles. The fourth-order valence-electron chi connectivity index (χ4n) is 2.52. The Morgan fingerprint density at radius 3 is 3.05 bits per heavy atom. The van der Waals surface area contributed by atoms with E-state index in [4.69, 9.17) is 10.5 Å². The van der Waals surface area contributed by atoms with Crippen LogP contribution in [0.5, 0.6) is 0 Å². The van der Waals surface area contributed by atoms with E-state index in [0.29, 0.717) is 24.8 Å². The van der Waals surface area contributed by atoms with E-state index in [1.165, 1.54) is 6.42 Å². The molecule has 1 fully saturated rings. The topological polar surface area (TPSA) is 64.4 Å². The van der Waals surface area contributed by atoms with Crippen molar-refractivity contribution >= 4 is 5.91 Å². The van der Waals surface area contributed by atoms with Gasteiger partial charge >= 0.3 is 0 Å². The Labute approximate surface area is 120 Å². The molecule has 1 unspecified atom stereocenters. The van der Waals surface area contributed by atoms with Gasteiger partial charge in [-0.1, -0.05) is 12.1 Å². The van der Waals surface area contributed by atoms with Crippen molar-refractivity contribution in [3.63, 3.8) is 0 Å². The maximum atomic E-state index is 12.1. The number of amides is 1. The number of ether oxygens (including phenoxy) is 1. The maximum absolute atomic E-state index is 12.1. The van der Waals surface area contributed by atoms with Gasteiger partial charge < -0.3 is 15.8 Å². The number of benzene rings is 1. The fraction of sp³-hybridized carbons (Fsp3) is 0.562. The van der Waals surface area contributed by atoms with Crippen molar-refractivity contribution in [2.45, 2.75) is 38.2 Å². The third-order valence-corrected chi connectivity index (χ3v) is 3.65. The summed E-state index contributed by atoms with van der Waals surface area (Å²) in [6.07, 6.45) is 5.52. The molecule has 1 aromatic rings. The Kier molecular flexibility index (Phi) is 6.02. The molecule has 1 amide bonds. The first-order valence-corrected chi connectivity index (χ1v) is 7.48. The smallest absolute Gasteiger partial charge is 0.251 e. The first kappa shape index (κ1) is 15.0. The molecule has 1 saturated heterocycles. The number of hydrogen-bond acceptors (Lipinski definition) is 3. The number of carbonyl (C=O) groups excluding carboxylic acids is 1. The molecule has 4 heteroatoms. The Morgan fingerprint density at radius 1 is 1.40 bits per heavy atom. The molecule has 1 aliphatic rings. The minimum Gasteiger partial charge on any atom is -0.378 e. The Morgan fingerprint density at radius 2 is 2.30 bits per heavy atom. The molecule has 3 N–H and O–H groups in total. The van der Waals surface area contributed by atoms with E-state index in [2.05, 4.69) is 5.32 Å². The molecule has 110 valence electrons. The molecule has 0 bridgehead atoms. The number of rotatable bonds is 6. The van der Waals surface area contributed by atoms with E-state index >= 15 is 0 Å². The van der Waals surface area contributed by atoms with Gasteiger partial charge in [0, 0.05) is 18.7 Å². The van der Waals surface area contributed by atoms with Gasteiger partial charge in [-0.25, -0.2) is 0 Å².